The summed E-state index contributed by atoms with van der Waals surface area (Å²) in [6.07, 6.45) is 1.06. The molecule has 1 fully saturated rings. The van der Waals surface area contributed by atoms with E-state index in [1.807, 2.05) is 6.92 Å². The van der Waals surface area contributed by atoms with Gasteiger partial charge in [0.1, 0.15) is 5.52 Å². The molecule has 2 heterocycles. The van der Waals surface area contributed by atoms with Gasteiger partial charge in [-0.2, -0.15) is 8.78 Å². The van der Waals surface area contributed by atoms with E-state index in [9.17, 15) is 18.7 Å². The van der Waals surface area contributed by atoms with Crippen LogP contribution < -0.4 is 10.1 Å². The average Bonchev–Trinajstić information content (AvgIpc) is 2.64. The van der Waals surface area contributed by atoms with Crippen LogP contribution in [0.1, 0.15) is 13.8 Å². The van der Waals surface area contributed by atoms with Gasteiger partial charge in [-0.1, -0.05) is 0 Å². The van der Waals surface area contributed by atoms with Crippen molar-refractivity contribution in [1.29, 1.82) is 0 Å². The van der Waals surface area contributed by atoms with Gasteiger partial charge < -0.3 is 20.1 Å². The van der Waals surface area contributed by atoms with Gasteiger partial charge in [0, 0.05) is 43.8 Å². The summed E-state index contributed by atoms with van der Waals surface area (Å²) in [6.45, 7) is 3.10. The van der Waals surface area contributed by atoms with Crippen LogP contribution in [0.15, 0.2) is 30.5 Å². The third-order valence-electron chi connectivity index (χ3n) is 4.74. The Kier molecular flexibility index (Phi) is 6.25. The third kappa shape index (κ3) is 4.66. The van der Waals surface area contributed by atoms with E-state index in [1.54, 1.807) is 24.0 Å². The molecule has 1 aromatic carbocycles. The monoisotopic (exact) mass is 394 g/mol. The van der Waals surface area contributed by atoms with Gasteiger partial charge in [0.25, 0.3) is 0 Å². The number of aliphatic hydroxyl groups is 1. The number of aromatic nitrogens is 1. The summed E-state index contributed by atoms with van der Waals surface area (Å²) in [6, 6.07) is 6.12. The summed E-state index contributed by atoms with van der Waals surface area (Å²) >= 11 is 0. The van der Waals surface area contributed by atoms with Crippen LogP contribution in [0.2, 0.25) is 0 Å². The zero-order chi connectivity index (χ0) is 20.3. The largest absolute Gasteiger partial charge is 0.432 e. The number of anilines is 1. The lowest BCUT2D eigenvalue weighted by molar-refractivity contribution is -0.0489. The molecule has 0 saturated carbocycles. The maximum Gasteiger partial charge on any atom is 0.387 e. The molecule has 0 spiro atoms. The summed E-state index contributed by atoms with van der Waals surface area (Å²) in [7, 11) is 0. The van der Waals surface area contributed by atoms with Gasteiger partial charge in [0.2, 0.25) is 0 Å². The molecule has 7 nitrogen and oxygen atoms in total. The number of aliphatic hydroxyl groups excluding tert-OH is 1. The Hall–Kier alpha value is -2.52. The van der Waals surface area contributed by atoms with Crippen molar-refractivity contribution in [3.8, 4) is 5.75 Å². The molecule has 1 aliphatic heterocycles. The molecule has 0 radical (unpaired) electrons. The van der Waals surface area contributed by atoms with Gasteiger partial charge in [-0.3, -0.25) is 9.88 Å². The van der Waals surface area contributed by atoms with Crippen molar-refractivity contribution in [2.45, 2.75) is 32.6 Å². The van der Waals surface area contributed by atoms with E-state index >= 15 is 0 Å². The van der Waals surface area contributed by atoms with Crippen LogP contribution in [0.3, 0.4) is 0 Å². The zero-order valence-corrected chi connectivity index (χ0v) is 15.8. The summed E-state index contributed by atoms with van der Waals surface area (Å²) in [5.74, 6) is -0.0380. The van der Waals surface area contributed by atoms with Crippen molar-refractivity contribution >= 4 is 22.6 Å². The number of benzene rings is 1. The van der Waals surface area contributed by atoms with Crippen LogP contribution in [0.4, 0.5) is 19.3 Å². The minimum atomic E-state index is -2.95. The first kappa shape index (κ1) is 20.2. The van der Waals surface area contributed by atoms with Crippen LogP contribution in [0.25, 0.3) is 10.9 Å². The molecule has 152 valence electrons. The third-order valence-corrected chi connectivity index (χ3v) is 4.74. The normalized spacial score (nSPS) is 19.1. The maximum atomic E-state index is 12.7. The van der Waals surface area contributed by atoms with Crippen LogP contribution in [-0.4, -0.2) is 70.9 Å². The number of hydrogen-bond acceptors (Lipinski definition) is 5. The topological polar surface area (TPSA) is 77.9 Å². The SMILES string of the molecule is CC(O)CN1CCN(C(=O)Nc2ccc(OC(F)F)c3ncccc23)CC1C. The highest BCUT2D eigenvalue weighted by molar-refractivity contribution is 6.02. The smallest absolute Gasteiger partial charge is 0.387 e. The highest BCUT2D eigenvalue weighted by Crippen LogP contribution is 2.31. The van der Waals surface area contributed by atoms with E-state index in [0.717, 1.165) is 0 Å². The zero-order valence-electron chi connectivity index (χ0n) is 15.8. The summed E-state index contributed by atoms with van der Waals surface area (Å²) < 4.78 is 29.7. The molecule has 28 heavy (non-hydrogen) atoms. The van der Waals surface area contributed by atoms with Crippen molar-refractivity contribution in [1.82, 2.24) is 14.8 Å². The van der Waals surface area contributed by atoms with Crippen molar-refractivity contribution in [2.75, 3.05) is 31.5 Å². The second kappa shape index (κ2) is 8.66. The first-order chi connectivity index (χ1) is 13.3. The van der Waals surface area contributed by atoms with Gasteiger partial charge in [0.05, 0.1) is 11.8 Å². The second-order valence-corrected chi connectivity index (χ2v) is 6.96. The Bertz CT molecular complexity index is 834. The number of nitrogens with one attached hydrogen (secondary N) is 1. The molecule has 9 heteroatoms. The van der Waals surface area contributed by atoms with Crippen LogP contribution >= 0.6 is 0 Å². The van der Waals surface area contributed by atoms with Crippen molar-refractivity contribution in [3.05, 3.63) is 30.5 Å². The van der Waals surface area contributed by atoms with Crippen LogP contribution in [-0.2, 0) is 0 Å². The number of pyridine rings is 1. The molecule has 2 N–H and O–H groups in total. The summed E-state index contributed by atoms with van der Waals surface area (Å²) in [5.41, 5.74) is 0.740. The van der Waals surface area contributed by atoms with E-state index < -0.39 is 12.7 Å². The maximum absolute atomic E-state index is 12.7. The molecule has 2 amide bonds. The summed E-state index contributed by atoms with van der Waals surface area (Å²) in [4.78, 5) is 20.7. The average molecular weight is 394 g/mol. The number of piperazine rings is 1. The van der Waals surface area contributed by atoms with Crippen molar-refractivity contribution < 1.29 is 23.4 Å². The van der Waals surface area contributed by atoms with Gasteiger partial charge >= 0.3 is 12.6 Å². The predicted octanol–water partition coefficient (Wildman–Crippen LogP) is 2.76. The molecule has 0 bridgehead atoms. The van der Waals surface area contributed by atoms with Gasteiger partial charge in [0.15, 0.2) is 5.75 Å². The Morgan fingerprint density at radius 3 is 2.86 bits per heavy atom. The number of halogens is 2. The first-order valence-corrected chi connectivity index (χ1v) is 9.15. The quantitative estimate of drug-likeness (QED) is 0.816. The van der Waals surface area contributed by atoms with Crippen LogP contribution in [0.5, 0.6) is 5.75 Å². The number of hydrogen-bond donors (Lipinski definition) is 2. The number of carbonyl (C=O) groups excluding carboxylic acids is 1. The fourth-order valence-electron chi connectivity index (χ4n) is 3.43. The lowest BCUT2D eigenvalue weighted by atomic mass is 10.1. The predicted molar refractivity (Wildman–Crippen MR) is 102 cm³/mol. The number of amides is 2. The number of rotatable bonds is 5. The van der Waals surface area contributed by atoms with Crippen LogP contribution in [0, 0.1) is 0 Å². The number of alkyl halides is 2. The molecular weight excluding hydrogens is 370 g/mol. The van der Waals surface area contributed by atoms with E-state index in [0.29, 0.717) is 37.3 Å². The Morgan fingerprint density at radius 1 is 1.39 bits per heavy atom. The molecule has 2 atom stereocenters. The van der Waals surface area contributed by atoms with Gasteiger partial charge in [-0.15, -0.1) is 0 Å². The van der Waals surface area contributed by atoms with E-state index in [2.05, 4.69) is 19.9 Å². The second-order valence-electron chi connectivity index (χ2n) is 6.96. The van der Waals surface area contributed by atoms with E-state index in [-0.39, 0.29) is 23.3 Å². The minimum Gasteiger partial charge on any atom is -0.432 e. The first-order valence-electron chi connectivity index (χ1n) is 9.15. The number of nitrogens with zero attached hydrogens (tertiary/aromatic N) is 3. The molecule has 0 aliphatic carbocycles. The number of ether oxygens (including phenoxy) is 1. The van der Waals surface area contributed by atoms with Gasteiger partial charge in [-0.25, -0.2) is 4.79 Å². The summed E-state index contributed by atoms with van der Waals surface area (Å²) in [5, 5.41) is 12.9. The molecule has 2 unspecified atom stereocenters. The molecular formula is C19H24F2N4O3. The molecule has 1 aromatic heterocycles. The molecule has 3 rings (SSSR count). The lowest BCUT2D eigenvalue weighted by Crippen LogP contribution is -2.55. The fourth-order valence-corrected chi connectivity index (χ4v) is 3.43. The van der Waals surface area contributed by atoms with Crippen molar-refractivity contribution in [3.63, 3.8) is 0 Å². The Morgan fingerprint density at radius 2 is 2.18 bits per heavy atom. The fraction of sp³-hybridized carbons (Fsp3) is 0.474. The standard InChI is InChI=1S/C19H24F2N4O3/c1-12-10-25(9-8-24(12)11-13(2)26)19(27)23-15-5-6-16(28-18(20)21)17-14(15)4-3-7-22-17/h3-7,12-13,18,26H,8-11H2,1-2H3,(H,23,27). The Balaban J connectivity index is 1.74. The molecule has 1 saturated heterocycles. The highest BCUT2D eigenvalue weighted by Gasteiger charge is 2.27. The number of carbonyl (C=O) groups is 1. The highest BCUT2D eigenvalue weighted by atomic mass is 19.3. The van der Waals surface area contributed by atoms with E-state index in [1.165, 1.54) is 18.3 Å². The van der Waals surface area contributed by atoms with Crippen molar-refractivity contribution in [2.24, 2.45) is 0 Å². The Labute approximate surface area is 161 Å². The number of fused-ring (bicyclic) bond motifs is 1. The lowest BCUT2D eigenvalue weighted by Gasteiger charge is -2.40. The number of β-amino-alcohol motifs (C(OH)–C–C–N with tert-alkyl or cyclic N) is 1. The van der Waals surface area contributed by atoms with Gasteiger partial charge in [-0.05, 0) is 38.1 Å². The minimum absolute atomic E-state index is 0.0380. The number of urea groups is 1. The molecule has 2 aromatic rings. The van der Waals surface area contributed by atoms with E-state index in [4.69, 9.17) is 0 Å². The molecule has 1 aliphatic rings.